The normalized spacial score (nSPS) is 20.7. The van der Waals surface area contributed by atoms with Crippen LogP contribution >= 0.6 is 0 Å². The highest BCUT2D eigenvalue weighted by Gasteiger charge is 2.37. The van der Waals surface area contributed by atoms with E-state index in [0.717, 1.165) is 11.1 Å². The highest BCUT2D eigenvalue weighted by atomic mass is 16.6. The first kappa shape index (κ1) is 15.4. The van der Waals surface area contributed by atoms with Gasteiger partial charge in [0.1, 0.15) is 5.60 Å². The highest BCUT2D eigenvalue weighted by Crippen LogP contribution is 2.37. The predicted molar refractivity (Wildman–Crippen MR) is 78.2 cm³/mol. The minimum atomic E-state index is -0.851. The summed E-state index contributed by atoms with van der Waals surface area (Å²) in [5.74, 6) is -1.57. The van der Waals surface area contributed by atoms with Gasteiger partial charge in [0.25, 0.3) is 0 Å². The molecule has 0 saturated carbocycles. The third-order valence-electron chi connectivity index (χ3n) is 3.52. The predicted octanol–water partition coefficient (Wildman–Crippen LogP) is 2.55. The molecule has 114 valence electrons. The Labute approximate surface area is 124 Å². The van der Waals surface area contributed by atoms with Crippen LogP contribution in [0, 0.1) is 5.92 Å². The van der Waals surface area contributed by atoms with Crippen LogP contribution in [0.1, 0.15) is 37.8 Å². The number of carboxylic acids is 1. The topological polar surface area (TPSA) is 75.6 Å². The summed E-state index contributed by atoms with van der Waals surface area (Å²) >= 11 is 0. The van der Waals surface area contributed by atoms with Crippen LogP contribution in [-0.4, -0.2) is 29.3 Å². The minimum Gasteiger partial charge on any atom is -0.481 e. The van der Waals surface area contributed by atoms with E-state index in [1.54, 1.807) is 20.8 Å². The molecule has 5 heteroatoms. The van der Waals surface area contributed by atoms with Crippen molar-refractivity contribution in [1.29, 1.82) is 0 Å². The number of ether oxygens (including phenoxy) is 1. The van der Waals surface area contributed by atoms with Crippen molar-refractivity contribution < 1.29 is 19.4 Å². The third-order valence-corrected chi connectivity index (χ3v) is 3.52. The van der Waals surface area contributed by atoms with Crippen LogP contribution in [-0.2, 0) is 16.0 Å². The van der Waals surface area contributed by atoms with Crippen molar-refractivity contribution in [2.45, 2.75) is 38.7 Å². The van der Waals surface area contributed by atoms with Crippen LogP contribution in [0.3, 0.4) is 0 Å². The molecule has 1 aliphatic carbocycles. The molecule has 1 aromatic rings. The van der Waals surface area contributed by atoms with Gasteiger partial charge in [-0.05, 0) is 44.2 Å². The zero-order chi connectivity index (χ0) is 15.6. The number of hydrogen-bond acceptors (Lipinski definition) is 3. The van der Waals surface area contributed by atoms with E-state index >= 15 is 0 Å². The van der Waals surface area contributed by atoms with Gasteiger partial charge in [-0.2, -0.15) is 0 Å². The van der Waals surface area contributed by atoms with Crippen LogP contribution in [0.5, 0.6) is 0 Å². The molecule has 0 saturated heterocycles. The van der Waals surface area contributed by atoms with Crippen LogP contribution in [0.2, 0.25) is 0 Å². The van der Waals surface area contributed by atoms with Gasteiger partial charge < -0.3 is 15.2 Å². The van der Waals surface area contributed by atoms with Crippen molar-refractivity contribution in [2.75, 3.05) is 6.54 Å². The lowest BCUT2D eigenvalue weighted by molar-refractivity contribution is -0.139. The summed E-state index contributed by atoms with van der Waals surface area (Å²) in [5, 5.41) is 12.1. The molecule has 1 aliphatic rings. The molecule has 0 fully saturated rings. The molecule has 2 atom stereocenters. The summed E-state index contributed by atoms with van der Waals surface area (Å²) in [4.78, 5) is 23.2. The van der Waals surface area contributed by atoms with Gasteiger partial charge in [-0.3, -0.25) is 4.79 Å². The number of alkyl carbamates (subject to hydrolysis) is 1. The van der Waals surface area contributed by atoms with Crippen LogP contribution in [0.4, 0.5) is 4.79 Å². The number of carbonyl (C=O) groups is 2. The first-order valence-electron chi connectivity index (χ1n) is 7.05. The van der Waals surface area contributed by atoms with Crippen molar-refractivity contribution >= 4 is 12.1 Å². The molecule has 0 aromatic heterocycles. The monoisotopic (exact) mass is 291 g/mol. The number of hydrogen-bond donors (Lipinski definition) is 2. The van der Waals surface area contributed by atoms with E-state index in [4.69, 9.17) is 4.74 Å². The van der Waals surface area contributed by atoms with E-state index < -0.39 is 23.6 Å². The second kappa shape index (κ2) is 5.76. The second-order valence-corrected chi connectivity index (χ2v) is 6.36. The number of amides is 1. The maximum absolute atomic E-state index is 11.7. The molecule has 5 nitrogen and oxygen atoms in total. The number of carboxylic acid groups (broad SMARTS) is 1. The fourth-order valence-electron chi connectivity index (χ4n) is 2.73. The van der Waals surface area contributed by atoms with E-state index in [9.17, 15) is 14.7 Å². The number of carbonyl (C=O) groups excluding carboxylic acids is 1. The molecular formula is C16H21NO4. The number of benzene rings is 1. The lowest BCUT2D eigenvalue weighted by Crippen LogP contribution is -2.37. The quantitative estimate of drug-likeness (QED) is 0.897. The molecule has 1 amide bonds. The van der Waals surface area contributed by atoms with Gasteiger partial charge >= 0.3 is 12.1 Å². The zero-order valence-electron chi connectivity index (χ0n) is 12.6. The lowest BCUT2D eigenvalue weighted by atomic mass is 9.93. The Morgan fingerprint density at radius 1 is 1.33 bits per heavy atom. The molecule has 2 unspecified atom stereocenters. The van der Waals surface area contributed by atoms with Gasteiger partial charge in [-0.15, -0.1) is 0 Å². The third kappa shape index (κ3) is 3.74. The molecule has 21 heavy (non-hydrogen) atoms. The average molecular weight is 291 g/mol. The van der Waals surface area contributed by atoms with Gasteiger partial charge in [0.05, 0.1) is 5.92 Å². The fraction of sp³-hybridized carbons (Fsp3) is 0.500. The average Bonchev–Trinajstić information content (AvgIpc) is 2.72. The number of nitrogens with one attached hydrogen (secondary N) is 1. The van der Waals surface area contributed by atoms with E-state index in [0.29, 0.717) is 13.0 Å². The summed E-state index contributed by atoms with van der Waals surface area (Å²) in [7, 11) is 0. The van der Waals surface area contributed by atoms with Crippen molar-refractivity contribution in [3.63, 3.8) is 0 Å². The molecule has 0 bridgehead atoms. The Kier molecular flexibility index (Phi) is 4.21. The van der Waals surface area contributed by atoms with E-state index in [-0.39, 0.29) is 5.92 Å². The largest absolute Gasteiger partial charge is 0.481 e. The maximum atomic E-state index is 11.7. The molecule has 1 aromatic carbocycles. The maximum Gasteiger partial charge on any atom is 0.407 e. The van der Waals surface area contributed by atoms with Crippen LogP contribution in [0.15, 0.2) is 24.3 Å². The summed E-state index contributed by atoms with van der Waals surface area (Å²) in [6, 6.07) is 7.54. The first-order chi connectivity index (χ1) is 9.78. The molecule has 0 aliphatic heterocycles. The highest BCUT2D eigenvalue weighted by molar-refractivity contribution is 5.78. The number of rotatable bonds is 3. The van der Waals surface area contributed by atoms with Crippen molar-refractivity contribution in [3.05, 3.63) is 35.4 Å². The molecule has 0 radical (unpaired) electrons. The summed E-state index contributed by atoms with van der Waals surface area (Å²) in [5.41, 5.74) is 1.33. The van der Waals surface area contributed by atoms with E-state index in [1.807, 2.05) is 24.3 Å². The van der Waals surface area contributed by atoms with Crippen molar-refractivity contribution in [1.82, 2.24) is 5.32 Å². The Morgan fingerprint density at radius 3 is 2.62 bits per heavy atom. The number of fused-ring (bicyclic) bond motifs is 1. The second-order valence-electron chi connectivity index (χ2n) is 6.36. The molecular weight excluding hydrogens is 270 g/mol. The summed E-state index contributed by atoms with van der Waals surface area (Å²) in [6.45, 7) is 5.66. The van der Waals surface area contributed by atoms with E-state index in [1.165, 1.54) is 0 Å². The molecule has 2 rings (SSSR count). The zero-order valence-corrected chi connectivity index (χ0v) is 12.6. The molecule has 0 heterocycles. The summed E-state index contributed by atoms with van der Waals surface area (Å²) < 4.78 is 5.17. The standard InChI is InChI=1S/C16H21NO4/c1-16(2,3)21-15(20)17-9-11-8-10-6-4-5-7-12(10)13(11)14(18)19/h4-7,11,13H,8-9H2,1-3H3,(H,17,20)(H,18,19). The van der Waals surface area contributed by atoms with Gasteiger partial charge in [-0.1, -0.05) is 24.3 Å². The lowest BCUT2D eigenvalue weighted by Gasteiger charge is -2.22. The molecule has 2 N–H and O–H groups in total. The van der Waals surface area contributed by atoms with E-state index in [2.05, 4.69) is 5.32 Å². The summed E-state index contributed by atoms with van der Waals surface area (Å²) in [6.07, 6.45) is 0.144. The fourth-order valence-corrected chi connectivity index (χ4v) is 2.73. The number of aliphatic carboxylic acids is 1. The first-order valence-corrected chi connectivity index (χ1v) is 7.05. The van der Waals surface area contributed by atoms with Gasteiger partial charge in [-0.25, -0.2) is 4.79 Å². The SMILES string of the molecule is CC(C)(C)OC(=O)NCC1Cc2ccccc2C1C(=O)O. The minimum absolute atomic E-state index is 0.146. The van der Waals surface area contributed by atoms with Gasteiger partial charge in [0, 0.05) is 6.54 Å². The van der Waals surface area contributed by atoms with Crippen molar-refractivity contribution in [3.8, 4) is 0 Å². The van der Waals surface area contributed by atoms with Crippen LogP contribution in [0.25, 0.3) is 0 Å². The smallest absolute Gasteiger partial charge is 0.407 e. The van der Waals surface area contributed by atoms with Crippen LogP contribution < -0.4 is 5.32 Å². The molecule has 0 spiro atoms. The Bertz CT molecular complexity index is 547. The Balaban J connectivity index is 2.02. The van der Waals surface area contributed by atoms with Gasteiger partial charge in [0.15, 0.2) is 0 Å². The van der Waals surface area contributed by atoms with Crippen molar-refractivity contribution in [2.24, 2.45) is 5.92 Å². The van der Waals surface area contributed by atoms with Gasteiger partial charge in [0.2, 0.25) is 0 Å². The Morgan fingerprint density at radius 2 is 2.00 bits per heavy atom. The Hall–Kier alpha value is -2.04.